The van der Waals surface area contributed by atoms with Crippen molar-refractivity contribution in [3.8, 4) is 5.75 Å². The van der Waals surface area contributed by atoms with E-state index in [2.05, 4.69) is 6.58 Å². The Morgan fingerprint density at radius 3 is 2.40 bits per heavy atom. The van der Waals surface area contributed by atoms with Crippen LogP contribution in [0.4, 0.5) is 10.1 Å². The van der Waals surface area contributed by atoms with Gasteiger partial charge in [-0.3, -0.25) is 9.59 Å². The van der Waals surface area contributed by atoms with Gasteiger partial charge in [-0.2, -0.15) is 0 Å². The first-order valence-corrected chi connectivity index (χ1v) is 10.1. The Bertz CT molecular complexity index is 1120. The molecule has 0 saturated carbocycles. The molecular formula is C22H15Cl3FNO3. The van der Waals surface area contributed by atoms with Crippen LogP contribution in [0.2, 0.25) is 5.02 Å². The number of anilines is 1. The van der Waals surface area contributed by atoms with Gasteiger partial charge >= 0.3 is 0 Å². The average Bonchev–Trinajstić information content (AvgIpc) is 2.86. The summed E-state index contributed by atoms with van der Waals surface area (Å²) in [5, 5.41) is 9.89. The van der Waals surface area contributed by atoms with E-state index in [1.165, 1.54) is 36.4 Å². The van der Waals surface area contributed by atoms with Gasteiger partial charge in [0, 0.05) is 10.9 Å². The van der Waals surface area contributed by atoms with E-state index in [1.54, 1.807) is 6.08 Å². The lowest BCUT2D eigenvalue weighted by atomic mass is 9.68. The monoisotopic (exact) mass is 465 g/mol. The van der Waals surface area contributed by atoms with E-state index >= 15 is 0 Å². The molecule has 30 heavy (non-hydrogen) atoms. The molecular weight excluding hydrogens is 452 g/mol. The van der Waals surface area contributed by atoms with Crippen molar-refractivity contribution in [2.24, 2.45) is 0 Å². The number of nitrogens with zero attached hydrogens (tertiary/aromatic N) is 1. The largest absolute Gasteiger partial charge is 0.508 e. The molecule has 3 unspecified atom stereocenters. The number of fused-ring (bicyclic) bond motifs is 1. The Labute approximate surface area is 187 Å². The van der Waals surface area contributed by atoms with Gasteiger partial charge in [0.1, 0.15) is 11.6 Å². The fourth-order valence-electron chi connectivity index (χ4n) is 4.12. The number of aromatic hydroxyl groups is 1. The van der Waals surface area contributed by atoms with Crippen LogP contribution in [0, 0.1) is 5.82 Å². The van der Waals surface area contributed by atoms with Gasteiger partial charge in [-0.1, -0.05) is 36.4 Å². The van der Waals surface area contributed by atoms with E-state index in [1.807, 2.05) is 0 Å². The molecule has 0 bridgehead atoms. The van der Waals surface area contributed by atoms with Gasteiger partial charge in [0.05, 0.1) is 5.69 Å². The fourth-order valence-corrected chi connectivity index (χ4v) is 5.24. The minimum absolute atomic E-state index is 0.00607. The molecule has 4 nitrogen and oxygen atoms in total. The Morgan fingerprint density at radius 2 is 1.80 bits per heavy atom. The van der Waals surface area contributed by atoms with Crippen molar-refractivity contribution in [1.29, 1.82) is 0 Å². The number of alkyl halides is 2. The lowest BCUT2D eigenvalue weighted by molar-refractivity contribution is -0.122. The normalized spacial score (nSPS) is 28.3. The number of halogens is 4. The minimum atomic E-state index is -1.92. The summed E-state index contributed by atoms with van der Waals surface area (Å²) in [6.45, 7) is 3.79. The van der Waals surface area contributed by atoms with E-state index in [4.69, 9.17) is 34.8 Å². The molecule has 1 heterocycles. The summed E-state index contributed by atoms with van der Waals surface area (Å²) in [6.07, 6.45) is 3.23. The molecule has 3 atom stereocenters. The second-order valence-electron chi connectivity index (χ2n) is 7.19. The molecule has 8 heteroatoms. The van der Waals surface area contributed by atoms with Crippen LogP contribution >= 0.6 is 34.8 Å². The third kappa shape index (κ3) is 2.73. The van der Waals surface area contributed by atoms with Gasteiger partial charge in [0.2, 0.25) is 0 Å². The highest BCUT2D eigenvalue weighted by atomic mass is 35.5. The molecule has 4 rings (SSSR count). The molecule has 2 amide bonds. The van der Waals surface area contributed by atoms with E-state index in [9.17, 15) is 19.1 Å². The number of hydrogen-bond acceptors (Lipinski definition) is 3. The molecule has 1 fully saturated rings. The van der Waals surface area contributed by atoms with E-state index in [-0.39, 0.29) is 22.9 Å². The second-order valence-corrected chi connectivity index (χ2v) is 8.83. The van der Waals surface area contributed by atoms with E-state index in [0.29, 0.717) is 11.1 Å². The number of phenols is 1. The second kappa shape index (κ2) is 7.12. The molecule has 1 N–H and O–H groups in total. The molecule has 2 aromatic carbocycles. The summed E-state index contributed by atoms with van der Waals surface area (Å²) >= 11 is 20.2. The minimum Gasteiger partial charge on any atom is -0.508 e. The highest BCUT2D eigenvalue weighted by Crippen LogP contribution is 2.60. The maximum Gasteiger partial charge on any atom is 0.258 e. The predicted octanol–water partition coefficient (Wildman–Crippen LogP) is 5.31. The zero-order chi connectivity index (χ0) is 21.8. The number of rotatable bonds is 3. The molecule has 154 valence electrons. The van der Waals surface area contributed by atoms with Crippen molar-refractivity contribution in [2.45, 2.75) is 22.1 Å². The standard InChI is InChI=1S/C22H15Cl3FNO3/c1-2-12-9-10-21(24)19(29)27(14-5-3-13(26)4-6-14)20(30)22(21,25)18(12)16-8-7-15(28)11-17(16)23/h2-9,11,18,28H,1,10H2. The molecule has 2 aliphatic rings. The van der Waals surface area contributed by atoms with Gasteiger partial charge in [-0.15, -0.1) is 23.2 Å². The van der Waals surface area contributed by atoms with Gasteiger partial charge in [-0.25, -0.2) is 9.29 Å². The maximum atomic E-state index is 13.6. The van der Waals surface area contributed by atoms with Crippen LogP contribution in [0.15, 0.2) is 66.8 Å². The van der Waals surface area contributed by atoms with Crippen molar-refractivity contribution in [1.82, 2.24) is 0 Å². The van der Waals surface area contributed by atoms with Crippen LogP contribution in [0.5, 0.6) is 5.75 Å². The summed E-state index contributed by atoms with van der Waals surface area (Å²) in [4.78, 5) is 24.1. The quantitative estimate of drug-likeness (QED) is 0.492. The first-order chi connectivity index (χ1) is 14.1. The van der Waals surface area contributed by atoms with Gasteiger partial charge in [0.15, 0.2) is 9.75 Å². The van der Waals surface area contributed by atoms with Crippen LogP contribution in [0.3, 0.4) is 0 Å². The maximum absolute atomic E-state index is 13.6. The van der Waals surface area contributed by atoms with Crippen LogP contribution in [-0.4, -0.2) is 26.7 Å². The fraction of sp³-hybridized carbons (Fsp3) is 0.182. The van der Waals surface area contributed by atoms with Crippen LogP contribution in [-0.2, 0) is 9.59 Å². The molecule has 1 aliphatic heterocycles. The van der Waals surface area contributed by atoms with E-state index < -0.39 is 33.3 Å². The number of carbonyl (C=O) groups excluding carboxylic acids is 2. The SMILES string of the molecule is C=CC1=CCC2(Cl)C(=O)N(c3ccc(F)cc3)C(=O)C2(Cl)C1c1ccc(O)cc1Cl. The Morgan fingerprint density at radius 1 is 1.13 bits per heavy atom. The number of benzene rings is 2. The van der Waals surface area contributed by atoms with Crippen molar-refractivity contribution in [2.75, 3.05) is 4.90 Å². The third-order valence-electron chi connectivity index (χ3n) is 5.60. The Hall–Kier alpha value is -2.34. The molecule has 0 aromatic heterocycles. The molecule has 1 aliphatic carbocycles. The molecule has 2 aromatic rings. The first kappa shape index (κ1) is 20.9. The summed E-state index contributed by atoms with van der Waals surface area (Å²) in [6, 6.07) is 9.17. The molecule has 1 saturated heterocycles. The number of allylic oxidation sites excluding steroid dienone is 3. The summed E-state index contributed by atoms with van der Waals surface area (Å²) in [7, 11) is 0. The summed E-state index contributed by atoms with van der Waals surface area (Å²) < 4.78 is 13.4. The number of phenolic OH excluding ortho intramolecular Hbond substituents is 1. The van der Waals surface area contributed by atoms with E-state index in [0.717, 1.165) is 17.0 Å². The number of carbonyl (C=O) groups is 2. The summed E-state index contributed by atoms with van der Waals surface area (Å²) in [5.41, 5.74) is 1.16. The van der Waals surface area contributed by atoms with Gasteiger partial charge in [0.25, 0.3) is 11.8 Å². The average molecular weight is 467 g/mol. The van der Waals surface area contributed by atoms with Gasteiger partial charge < -0.3 is 5.11 Å². The third-order valence-corrected chi connectivity index (χ3v) is 7.34. The van der Waals surface area contributed by atoms with Crippen LogP contribution < -0.4 is 4.90 Å². The lowest BCUT2D eigenvalue weighted by Gasteiger charge is -2.42. The Balaban J connectivity index is 1.94. The van der Waals surface area contributed by atoms with Crippen LogP contribution in [0.25, 0.3) is 0 Å². The van der Waals surface area contributed by atoms with Crippen molar-refractivity contribution in [3.63, 3.8) is 0 Å². The van der Waals surface area contributed by atoms with Crippen molar-refractivity contribution < 1.29 is 19.1 Å². The lowest BCUT2D eigenvalue weighted by Crippen LogP contribution is -2.55. The number of hydrogen-bond donors (Lipinski definition) is 1. The highest BCUT2D eigenvalue weighted by molar-refractivity contribution is 6.58. The number of amides is 2. The smallest absolute Gasteiger partial charge is 0.258 e. The van der Waals surface area contributed by atoms with Crippen molar-refractivity contribution >= 4 is 52.3 Å². The topological polar surface area (TPSA) is 57.6 Å². The van der Waals surface area contributed by atoms with Crippen LogP contribution in [0.1, 0.15) is 17.9 Å². The van der Waals surface area contributed by atoms with Gasteiger partial charge in [-0.05, 0) is 54.0 Å². The molecule has 0 radical (unpaired) electrons. The number of imide groups is 1. The zero-order valence-electron chi connectivity index (χ0n) is 15.4. The predicted molar refractivity (Wildman–Crippen MR) is 115 cm³/mol. The highest BCUT2D eigenvalue weighted by Gasteiger charge is 2.73. The Kier molecular flexibility index (Phi) is 4.96. The first-order valence-electron chi connectivity index (χ1n) is 8.98. The zero-order valence-corrected chi connectivity index (χ0v) is 17.7. The van der Waals surface area contributed by atoms with Crippen molar-refractivity contribution in [3.05, 3.63) is 83.2 Å². The molecule has 0 spiro atoms. The summed E-state index contributed by atoms with van der Waals surface area (Å²) in [5.74, 6) is -2.92.